The molecule has 0 spiro atoms. The van der Waals surface area contributed by atoms with E-state index in [4.69, 9.17) is 15.2 Å². The first-order chi connectivity index (χ1) is 14.6. The summed E-state index contributed by atoms with van der Waals surface area (Å²) >= 11 is 0. The smallest absolute Gasteiger partial charge is 0.220 e. The van der Waals surface area contributed by atoms with Crippen LogP contribution in [0.5, 0.6) is 0 Å². The third-order valence-electron chi connectivity index (χ3n) is 6.67. The summed E-state index contributed by atoms with van der Waals surface area (Å²) in [7, 11) is 0. The molecule has 3 saturated heterocycles. The van der Waals surface area contributed by atoms with Gasteiger partial charge in [-0.15, -0.1) is 0 Å². The molecule has 5 atom stereocenters. The number of aromatic nitrogens is 1. The zero-order chi connectivity index (χ0) is 20.7. The maximum Gasteiger partial charge on any atom is 0.220 e. The monoisotopic (exact) mass is 412 g/mol. The third kappa shape index (κ3) is 3.70. The fraction of sp³-hybridized carbons (Fsp3) is 0.545. The van der Waals surface area contributed by atoms with Gasteiger partial charge in [-0.2, -0.15) is 0 Å². The minimum Gasteiger partial charge on any atom is -0.390 e. The summed E-state index contributed by atoms with van der Waals surface area (Å²) in [5, 5.41) is 15.8. The second-order valence-corrected chi connectivity index (χ2v) is 8.51. The number of aliphatic hydroxyl groups is 1. The summed E-state index contributed by atoms with van der Waals surface area (Å²) in [5.41, 5.74) is 7.48. The lowest BCUT2D eigenvalue weighted by atomic mass is 9.90. The van der Waals surface area contributed by atoms with E-state index < -0.39 is 12.4 Å². The Labute approximate surface area is 175 Å². The predicted molar refractivity (Wildman–Crippen MR) is 110 cm³/mol. The number of primary amides is 1. The van der Waals surface area contributed by atoms with E-state index >= 15 is 0 Å². The van der Waals surface area contributed by atoms with Crippen molar-refractivity contribution in [3.05, 3.63) is 42.1 Å². The van der Waals surface area contributed by atoms with Gasteiger partial charge in [0.05, 0.1) is 30.3 Å². The molecule has 1 aromatic carbocycles. The topological polar surface area (TPSA) is 110 Å². The Kier molecular flexibility index (Phi) is 5.43. The van der Waals surface area contributed by atoms with Crippen molar-refractivity contribution in [2.45, 2.75) is 50.0 Å². The number of hydrogen-bond acceptors (Lipinski definition) is 7. The van der Waals surface area contributed by atoms with E-state index in [0.717, 1.165) is 16.5 Å². The second kappa shape index (κ2) is 8.20. The largest absolute Gasteiger partial charge is 0.390 e. The van der Waals surface area contributed by atoms with E-state index in [-0.39, 0.29) is 30.0 Å². The molecule has 0 radical (unpaired) electrons. The van der Waals surface area contributed by atoms with E-state index in [9.17, 15) is 9.90 Å². The van der Waals surface area contributed by atoms with Gasteiger partial charge in [-0.25, -0.2) is 0 Å². The number of ether oxygens (including phenoxy) is 2. The highest BCUT2D eigenvalue weighted by Gasteiger charge is 2.52. The quantitative estimate of drug-likeness (QED) is 0.651. The zero-order valence-electron chi connectivity index (χ0n) is 16.8. The van der Waals surface area contributed by atoms with E-state index in [2.05, 4.69) is 21.3 Å². The van der Waals surface area contributed by atoms with Gasteiger partial charge in [0.25, 0.3) is 0 Å². The number of piperidine rings is 1. The van der Waals surface area contributed by atoms with Crippen LogP contribution in [0.3, 0.4) is 0 Å². The molecule has 3 aliphatic rings. The number of benzene rings is 1. The number of carbonyl (C=O) groups is 1. The Morgan fingerprint density at radius 1 is 1.30 bits per heavy atom. The van der Waals surface area contributed by atoms with E-state index in [1.165, 1.54) is 0 Å². The number of pyridine rings is 1. The van der Waals surface area contributed by atoms with Crippen molar-refractivity contribution in [2.24, 2.45) is 11.7 Å². The van der Waals surface area contributed by atoms with Crippen LogP contribution >= 0.6 is 0 Å². The molecule has 0 saturated carbocycles. The van der Waals surface area contributed by atoms with Crippen molar-refractivity contribution >= 4 is 16.8 Å². The van der Waals surface area contributed by atoms with Crippen LogP contribution < -0.4 is 11.1 Å². The zero-order valence-corrected chi connectivity index (χ0v) is 16.8. The predicted octanol–water partition coefficient (Wildman–Crippen LogP) is 0.375. The first kappa shape index (κ1) is 19.8. The first-order valence-corrected chi connectivity index (χ1v) is 10.7. The van der Waals surface area contributed by atoms with Crippen LogP contribution in [0.4, 0.5) is 0 Å². The Hall–Kier alpha value is -2.10. The summed E-state index contributed by atoms with van der Waals surface area (Å²) in [4.78, 5) is 18.2. The van der Waals surface area contributed by atoms with Gasteiger partial charge in [0.15, 0.2) is 6.29 Å². The molecule has 1 aromatic heterocycles. The summed E-state index contributed by atoms with van der Waals surface area (Å²) < 4.78 is 11.9. The Morgan fingerprint density at radius 3 is 2.90 bits per heavy atom. The van der Waals surface area contributed by atoms with Gasteiger partial charge in [-0.1, -0.05) is 18.2 Å². The molecule has 3 aliphatic heterocycles. The highest BCUT2D eigenvalue weighted by atomic mass is 16.7. The van der Waals surface area contributed by atoms with Gasteiger partial charge < -0.3 is 25.6 Å². The SMILES string of the molecule is NC(=O)C1CCN([C@H]2[C@@H]3OC[C@H](O3)[C@H](NCc3cnc4ccccc4c3)[C@@H]2O)CC1. The highest BCUT2D eigenvalue weighted by molar-refractivity contribution is 5.78. The van der Waals surface area contributed by atoms with Crippen LogP contribution in [0, 0.1) is 5.92 Å². The summed E-state index contributed by atoms with van der Waals surface area (Å²) in [6, 6.07) is 9.64. The first-order valence-electron chi connectivity index (χ1n) is 10.7. The van der Waals surface area contributed by atoms with E-state index in [0.29, 0.717) is 39.1 Å². The minimum absolute atomic E-state index is 0.0885. The number of nitrogens with one attached hydrogen (secondary N) is 1. The normalized spacial score (nSPS) is 32.5. The number of fused-ring (bicyclic) bond motifs is 3. The Balaban J connectivity index is 1.27. The molecule has 4 N–H and O–H groups in total. The van der Waals surface area contributed by atoms with Crippen molar-refractivity contribution in [1.82, 2.24) is 15.2 Å². The summed E-state index contributed by atoms with van der Waals surface area (Å²) in [5.74, 6) is -0.328. The van der Waals surface area contributed by atoms with Crippen LogP contribution in [0.25, 0.3) is 10.9 Å². The molecular weight excluding hydrogens is 384 g/mol. The standard InChI is InChI=1S/C22H28N4O4/c23-21(28)14-5-7-26(8-6-14)19-20(27)18(17-12-29-22(19)30-17)25-11-13-9-15-3-1-2-4-16(15)24-10-13/h1-4,9-10,14,17-20,22,25,27H,5-8,11-12H2,(H2,23,28)/t17-,18-,19+,20-,22+/m0/s1. The molecular formula is C22H28N4O4. The van der Waals surface area contributed by atoms with Gasteiger partial charge >= 0.3 is 0 Å². The van der Waals surface area contributed by atoms with Crippen LogP contribution in [-0.4, -0.2) is 71.2 Å². The molecule has 8 heteroatoms. The number of nitrogens with zero attached hydrogens (tertiary/aromatic N) is 2. The number of hydrogen-bond donors (Lipinski definition) is 3. The lowest BCUT2D eigenvalue weighted by Crippen LogP contribution is -2.65. The molecule has 8 nitrogen and oxygen atoms in total. The molecule has 4 heterocycles. The van der Waals surface area contributed by atoms with Crippen molar-refractivity contribution in [2.75, 3.05) is 19.7 Å². The van der Waals surface area contributed by atoms with Crippen molar-refractivity contribution in [3.8, 4) is 0 Å². The molecule has 2 bridgehead atoms. The van der Waals surface area contributed by atoms with Crippen LogP contribution in [-0.2, 0) is 20.8 Å². The lowest BCUT2D eigenvalue weighted by molar-refractivity contribution is -0.186. The molecule has 3 fully saturated rings. The number of carbonyl (C=O) groups excluding carboxylic acids is 1. The minimum atomic E-state index is -0.630. The van der Waals surface area contributed by atoms with Gasteiger partial charge in [0.2, 0.25) is 5.91 Å². The van der Waals surface area contributed by atoms with Crippen molar-refractivity contribution in [1.29, 1.82) is 0 Å². The molecule has 160 valence electrons. The van der Waals surface area contributed by atoms with Crippen LogP contribution in [0.15, 0.2) is 36.5 Å². The second-order valence-electron chi connectivity index (χ2n) is 8.51. The molecule has 30 heavy (non-hydrogen) atoms. The van der Waals surface area contributed by atoms with Crippen LogP contribution in [0.2, 0.25) is 0 Å². The van der Waals surface area contributed by atoms with Gasteiger partial charge in [0, 0.05) is 24.0 Å². The molecule has 2 aromatic rings. The van der Waals surface area contributed by atoms with Crippen molar-refractivity contribution < 1.29 is 19.4 Å². The number of amides is 1. The number of para-hydroxylation sites is 1. The third-order valence-corrected chi connectivity index (χ3v) is 6.67. The average Bonchev–Trinajstić information content (AvgIpc) is 3.18. The van der Waals surface area contributed by atoms with Gasteiger partial charge in [0.1, 0.15) is 6.10 Å². The summed E-state index contributed by atoms with van der Waals surface area (Å²) in [6.07, 6.45) is 2.03. The lowest BCUT2D eigenvalue weighted by Gasteiger charge is -2.46. The summed E-state index contributed by atoms with van der Waals surface area (Å²) in [6.45, 7) is 2.44. The highest BCUT2D eigenvalue weighted by Crippen LogP contribution is 2.33. The van der Waals surface area contributed by atoms with E-state index in [1.54, 1.807) is 0 Å². The number of likely N-dealkylation sites (tertiary alicyclic amines) is 1. The van der Waals surface area contributed by atoms with Gasteiger partial charge in [-0.3, -0.25) is 14.7 Å². The Morgan fingerprint density at radius 2 is 2.10 bits per heavy atom. The molecule has 0 aliphatic carbocycles. The maximum absolute atomic E-state index is 11.5. The Bertz CT molecular complexity index is 917. The maximum atomic E-state index is 11.5. The number of rotatable bonds is 5. The average molecular weight is 412 g/mol. The van der Waals surface area contributed by atoms with E-state index in [1.807, 2.05) is 30.5 Å². The molecule has 5 rings (SSSR count). The fourth-order valence-corrected chi connectivity index (χ4v) is 4.97. The van der Waals surface area contributed by atoms with Crippen molar-refractivity contribution in [3.63, 3.8) is 0 Å². The number of aliphatic hydroxyl groups excluding tert-OH is 1. The number of nitrogens with two attached hydrogens (primary N) is 1. The molecule has 0 unspecified atom stereocenters. The van der Waals surface area contributed by atoms with Gasteiger partial charge in [-0.05, 0) is 43.6 Å². The van der Waals surface area contributed by atoms with Crippen LogP contribution in [0.1, 0.15) is 18.4 Å². The molecule has 1 amide bonds. The fourth-order valence-electron chi connectivity index (χ4n) is 4.97.